The van der Waals surface area contributed by atoms with Crippen molar-refractivity contribution in [2.45, 2.75) is 27.2 Å². The minimum Gasteiger partial charge on any atom is -0.492 e. The average molecular weight is 321 g/mol. The molecule has 0 unspecified atom stereocenters. The van der Waals surface area contributed by atoms with Gasteiger partial charge in [-0.15, -0.1) is 0 Å². The Morgan fingerprint density at radius 1 is 1.09 bits per heavy atom. The summed E-state index contributed by atoms with van der Waals surface area (Å²) in [4.78, 5) is 4.19. The molecular weight excluding hydrogens is 290 g/mol. The van der Waals surface area contributed by atoms with E-state index in [0.717, 1.165) is 37.9 Å². The molecule has 5 nitrogen and oxygen atoms in total. The van der Waals surface area contributed by atoms with E-state index in [9.17, 15) is 0 Å². The van der Waals surface area contributed by atoms with Crippen LogP contribution in [0.4, 0.5) is 0 Å². The van der Waals surface area contributed by atoms with Gasteiger partial charge in [0.2, 0.25) is 0 Å². The summed E-state index contributed by atoms with van der Waals surface area (Å²) in [5.74, 6) is 2.27. The number of hydrogen-bond acceptors (Lipinski definition) is 3. The van der Waals surface area contributed by atoms with E-state index in [2.05, 4.69) is 36.4 Å². The van der Waals surface area contributed by atoms with Crippen molar-refractivity contribution >= 4 is 5.96 Å². The Hall–Kier alpha value is -1.75. The van der Waals surface area contributed by atoms with Gasteiger partial charge in [-0.25, -0.2) is 0 Å². The molecule has 0 aliphatic rings. The van der Waals surface area contributed by atoms with Crippen LogP contribution >= 0.6 is 0 Å². The van der Waals surface area contributed by atoms with Crippen molar-refractivity contribution < 1.29 is 9.47 Å². The van der Waals surface area contributed by atoms with Crippen LogP contribution in [-0.2, 0) is 4.74 Å². The third-order valence-corrected chi connectivity index (χ3v) is 3.12. The molecule has 0 atom stereocenters. The van der Waals surface area contributed by atoms with E-state index in [-0.39, 0.29) is 0 Å². The van der Waals surface area contributed by atoms with Crippen molar-refractivity contribution in [3.05, 3.63) is 29.8 Å². The zero-order chi connectivity index (χ0) is 16.9. The summed E-state index contributed by atoms with van der Waals surface area (Å²) in [6.07, 6.45) is 0.966. The maximum Gasteiger partial charge on any atom is 0.191 e. The van der Waals surface area contributed by atoms with Crippen molar-refractivity contribution in [1.29, 1.82) is 0 Å². The molecule has 0 saturated carbocycles. The standard InChI is InChI=1S/C18H31N3O2/c1-15(2)14-22-12-5-10-20-18(19-4)21-11-13-23-17-8-6-16(3)7-9-17/h6-9,15H,5,10-14H2,1-4H3,(H2,19,20,21). The summed E-state index contributed by atoms with van der Waals surface area (Å²) in [6, 6.07) is 8.06. The van der Waals surface area contributed by atoms with E-state index in [4.69, 9.17) is 9.47 Å². The minimum absolute atomic E-state index is 0.589. The van der Waals surface area contributed by atoms with Gasteiger partial charge in [-0.2, -0.15) is 0 Å². The van der Waals surface area contributed by atoms with Crippen molar-refractivity contribution in [3.63, 3.8) is 0 Å². The van der Waals surface area contributed by atoms with Crippen LogP contribution in [0.5, 0.6) is 5.75 Å². The van der Waals surface area contributed by atoms with Crippen molar-refractivity contribution in [2.24, 2.45) is 10.9 Å². The summed E-state index contributed by atoms with van der Waals surface area (Å²) in [5, 5.41) is 6.50. The number of aryl methyl sites for hydroxylation is 1. The fourth-order valence-electron chi connectivity index (χ4n) is 1.89. The fourth-order valence-corrected chi connectivity index (χ4v) is 1.89. The monoisotopic (exact) mass is 321 g/mol. The lowest BCUT2D eigenvalue weighted by atomic mass is 10.2. The molecule has 0 aromatic heterocycles. The quantitative estimate of drug-likeness (QED) is 0.395. The first-order chi connectivity index (χ1) is 11.1. The van der Waals surface area contributed by atoms with Crippen LogP contribution in [0.25, 0.3) is 0 Å². The van der Waals surface area contributed by atoms with E-state index in [1.165, 1.54) is 5.56 Å². The molecule has 1 aromatic rings. The number of ether oxygens (including phenoxy) is 2. The van der Waals surface area contributed by atoms with Crippen LogP contribution < -0.4 is 15.4 Å². The highest BCUT2D eigenvalue weighted by molar-refractivity contribution is 5.79. The molecule has 23 heavy (non-hydrogen) atoms. The maximum absolute atomic E-state index is 5.67. The molecule has 0 aliphatic heterocycles. The Kier molecular flexibility index (Phi) is 9.87. The second kappa shape index (κ2) is 11.8. The van der Waals surface area contributed by atoms with Gasteiger partial charge in [0.25, 0.3) is 0 Å². The second-order valence-corrected chi connectivity index (χ2v) is 5.91. The van der Waals surface area contributed by atoms with E-state index in [0.29, 0.717) is 19.1 Å². The molecule has 0 aliphatic carbocycles. The third kappa shape index (κ3) is 9.79. The number of hydrogen-bond donors (Lipinski definition) is 2. The minimum atomic E-state index is 0.589. The third-order valence-electron chi connectivity index (χ3n) is 3.12. The molecular formula is C18H31N3O2. The number of nitrogens with zero attached hydrogens (tertiary/aromatic N) is 1. The van der Waals surface area contributed by atoms with Gasteiger partial charge in [-0.05, 0) is 31.4 Å². The highest BCUT2D eigenvalue weighted by Gasteiger charge is 1.98. The fraction of sp³-hybridized carbons (Fsp3) is 0.611. The van der Waals surface area contributed by atoms with E-state index in [1.807, 2.05) is 24.3 Å². The maximum atomic E-state index is 5.67. The van der Waals surface area contributed by atoms with Gasteiger partial charge in [0.1, 0.15) is 12.4 Å². The van der Waals surface area contributed by atoms with E-state index in [1.54, 1.807) is 7.05 Å². The molecule has 0 bridgehead atoms. The lowest BCUT2D eigenvalue weighted by Crippen LogP contribution is -2.39. The smallest absolute Gasteiger partial charge is 0.191 e. The van der Waals surface area contributed by atoms with Gasteiger partial charge < -0.3 is 20.1 Å². The Balaban J connectivity index is 2.06. The SMILES string of the molecule is CN=C(NCCCOCC(C)C)NCCOc1ccc(C)cc1. The van der Waals surface area contributed by atoms with Gasteiger partial charge in [0.05, 0.1) is 6.54 Å². The molecule has 1 aromatic carbocycles. The lowest BCUT2D eigenvalue weighted by Gasteiger charge is -2.13. The summed E-state index contributed by atoms with van der Waals surface area (Å²) in [7, 11) is 1.77. The molecule has 0 fully saturated rings. The Morgan fingerprint density at radius 2 is 1.78 bits per heavy atom. The number of nitrogens with one attached hydrogen (secondary N) is 2. The number of benzene rings is 1. The first-order valence-corrected chi connectivity index (χ1v) is 8.33. The molecule has 2 N–H and O–H groups in total. The van der Waals surface area contributed by atoms with Gasteiger partial charge in [-0.3, -0.25) is 4.99 Å². The van der Waals surface area contributed by atoms with Gasteiger partial charge in [-0.1, -0.05) is 31.5 Å². The highest BCUT2D eigenvalue weighted by atomic mass is 16.5. The molecule has 0 amide bonds. The Bertz CT molecular complexity index is 444. The van der Waals surface area contributed by atoms with Crippen molar-refractivity contribution in [1.82, 2.24) is 10.6 Å². The molecule has 0 heterocycles. The number of aliphatic imine (C=N–C) groups is 1. The predicted octanol–water partition coefficient (Wildman–Crippen LogP) is 2.60. The largest absolute Gasteiger partial charge is 0.492 e. The van der Waals surface area contributed by atoms with Crippen molar-refractivity contribution in [2.75, 3.05) is 40.0 Å². The van der Waals surface area contributed by atoms with Gasteiger partial charge >= 0.3 is 0 Å². The van der Waals surface area contributed by atoms with Crippen LogP contribution in [-0.4, -0.2) is 45.9 Å². The number of guanidine groups is 1. The van der Waals surface area contributed by atoms with E-state index < -0.39 is 0 Å². The molecule has 0 saturated heterocycles. The van der Waals surface area contributed by atoms with Gasteiger partial charge in [0.15, 0.2) is 5.96 Å². The topological polar surface area (TPSA) is 54.9 Å². The summed E-state index contributed by atoms with van der Waals surface area (Å²) in [5.41, 5.74) is 1.23. The van der Waals surface area contributed by atoms with Crippen LogP contribution in [0.2, 0.25) is 0 Å². The first kappa shape index (κ1) is 19.3. The molecule has 0 radical (unpaired) electrons. The predicted molar refractivity (Wildman–Crippen MR) is 96.3 cm³/mol. The first-order valence-electron chi connectivity index (χ1n) is 8.33. The average Bonchev–Trinajstić information content (AvgIpc) is 2.54. The van der Waals surface area contributed by atoms with Gasteiger partial charge in [0, 0.05) is 26.8 Å². The Morgan fingerprint density at radius 3 is 2.43 bits per heavy atom. The zero-order valence-electron chi connectivity index (χ0n) is 14.9. The molecule has 0 spiro atoms. The zero-order valence-corrected chi connectivity index (χ0v) is 14.9. The number of rotatable bonds is 10. The van der Waals surface area contributed by atoms with Crippen molar-refractivity contribution in [3.8, 4) is 5.75 Å². The molecule has 1 rings (SSSR count). The second-order valence-electron chi connectivity index (χ2n) is 5.91. The Labute approximate surface area is 140 Å². The summed E-state index contributed by atoms with van der Waals surface area (Å²) in [6.45, 7) is 10.1. The normalized spacial score (nSPS) is 11.6. The lowest BCUT2D eigenvalue weighted by molar-refractivity contribution is 0.108. The summed E-state index contributed by atoms with van der Waals surface area (Å²) >= 11 is 0. The summed E-state index contributed by atoms with van der Waals surface area (Å²) < 4.78 is 11.2. The van der Waals surface area contributed by atoms with Crippen LogP contribution in [0.15, 0.2) is 29.3 Å². The highest BCUT2D eigenvalue weighted by Crippen LogP contribution is 2.10. The molecule has 5 heteroatoms. The van der Waals surface area contributed by atoms with Crippen LogP contribution in [0.1, 0.15) is 25.8 Å². The molecule has 130 valence electrons. The van der Waals surface area contributed by atoms with E-state index >= 15 is 0 Å². The van der Waals surface area contributed by atoms with Crippen LogP contribution in [0.3, 0.4) is 0 Å². The van der Waals surface area contributed by atoms with Crippen LogP contribution in [0, 0.1) is 12.8 Å².